The van der Waals surface area contributed by atoms with E-state index in [2.05, 4.69) is 44.8 Å². The molecule has 98 valence electrons. The molecule has 0 saturated heterocycles. The highest BCUT2D eigenvalue weighted by molar-refractivity contribution is 7.15. The quantitative estimate of drug-likeness (QED) is 0.811. The van der Waals surface area contributed by atoms with Gasteiger partial charge in [-0.05, 0) is 26.3 Å². The van der Waals surface area contributed by atoms with Gasteiger partial charge in [0.15, 0.2) is 5.13 Å². The molecule has 0 fully saturated rings. The Balaban J connectivity index is 2.94. The lowest BCUT2D eigenvalue weighted by molar-refractivity contribution is 0.713. The zero-order chi connectivity index (χ0) is 12.8. The minimum atomic E-state index is 0.504. The molecule has 1 N–H and O–H groups in total. The molecular weight excluding hydrogens is 230 g/mol. The summed E-state index contributed by atoms with van der Waals surface area (Å²) in [4.78, 5) is 8.53. The molecule has 0 aliphatic rings. The zero-order valence-corrected chi connectivity index (χ0v) is 12.5. The number of thiazole rings is 1. The third-order valence-corrected chi connectivity index (χ3v) is 3.96. The van der Waals surface area contributed by atoms with Crippen LogP contribution in [0.5, 0.6) is 0 Å². The van der Waals surface area contributed by atoms with Crippen molar-refractivity contribution < 1.29 is 0 Å². The Morgan fingerprint density at radius 1 is 1.24 bits per heavy atom. The molecular formula is C13H25N3S. The SMILES string of the molecule is CCNCc1sc(N(CC)CC)nc1C(C)C. The van der Waals surface area contributed by atoms with E-state index in [9.17, 15) is 0 Å². The number of anilines is 1. The van der Waals surface area contributed by atoms with Crippen molar-refractivity contribution in [3.63, 3.8) is 0 Å². The van der Waals surface area contributed by atoms with Crippen molar-refractivity contribution in [3.8, 4) is 0 Å². The van der Waals surface area contributed by atoms with Gasteiger partial charge in [0, 0.05) is 24.5 Å². The van der Waals surface area contributed by atoms with E-state index < -0.39 is 0 Å². The van der Waals surface area contributed by atoms with E-state index in [1.165, 1.54) is 15.7 Å². The fourth-order valence-corrected chi connectivity index (χ4v) is 3.11. The van der Waals surface area contributed by atoms with Crippen LogP contribution in [0, 0.1) is 0 Å². The van der Waals surface area contributed by atoms with Gasteiger partial charge >= 0.3 is 0 Å². The zero-order valence-electron chi connectivity index (χ0n) is 11.7. The summed E-state index contributed by atoms with van der Waals surface area (Å²) in [5.74, 6) is 0.504. The third kappa shape index (κ3) is 3.68. The van der Waals surface area contributed by atoms with Gasteiger partial charge in [0.1, 0.15) is 0 Å². The minimum Gasteiger partial charge on any atom is -0.349 e. The van der Waals surface area contributed by atoms with E-state index in [-0.39, 0.29) is 0 Å². The standard InChI is InChI=1S/C13H25N3S/c1-6-14-9-11-12(10(4)5)15-13(17-11)16(7-2)8-3/h10,14H,6-9H2,1-5H3. The Hall–Kier alpha value is -0.610. The maximum absolute atomic E-state index is 4.81. The summed E-state index contributed by atoms with van der Waals surface area (Å²) in [7, 11) is 0. The average molecular weight is 255 g/mol. The molecule has 0 unspecified atom stereocenters. The molecule has 0 spiro atoms. The van der Waals surface area contributed by atoms with E-state index in [1.807, 2.05) is 11.3 Å². The first kappa shape index (κ1) is 14.5. The molecule has 0 bridgehead atoms. The molecule has 0 atom stereocenters. The summed E-state index contributed by atoms with van der Waals surface area (Å²) in [6.07, 6.45) is 0. The Bertz CT molecular complexity index is 329. The number of nitrogens with zero attached hydrogens (tertiary/aromatic N) is 2. The smallest absolute Gasteiger partial charge is 0.185 e. The fraction of sp³-hybridized carbons (Fsp3) is 0.769. The van der Waals surface area contributed by atoms with Crippen LogP contribution in [0.2, 0.25) is 0 Å². The highest BCUT2D eigenvalue weighted by Gasteiger charge is 2.16. The summed E-state index contributed by atoms with van der Waals surface area (Å²) in [6, 6.07) is 0. The molecule has 1 rings (SSSR count). The van der Waals surface area contributed by atoms with Gasteiger partial charge in [-0.15, -0.1) is 11.3 Å². The molecule has 3 nitrogen and oxygen atoms in total. The molecule has 1 aromatic heterocycles. The van der Waals surface area contributed by atoms with Gasteiger partial charge in [-0.2, -0.15) is 0 Å². The first-order valence-corrected chi connectivity index (χ1v) is 7.40. The summed E-state index contributed by atoms with van der Waals surface area (Å²) >= 11 is 1.84. The monoisotopic (exact) mass is 255 g/mol. The van der Waals surface area contributed by atoms with Gasteiger partial charge in [0.25, 0.3) is 0 Å². The number of hydrogen-bond acceptors (Lipinski definition) is 4. The Labute approximate surface area is 109 Å². The lowest BCUT2D eigenvalue weighted by atomic mass is 10.1. The minimum absolute atomic E-state index is 0.504. The van der Waals surface area contributed by atoms with Crippen LogP contribution in [0.15, 0.2) is 0 Å². The van der Waals surface area contributed by atoms with Gasteiger partial charge < -0.3 is 10.2 Å². The van der Waals surface area contributed by atoms with Crippen LogP contribution in [0.1, 0.15) is 51.1 Å². The van der Waals surface area contributed by atoms with E-state index in [0.717, 1.165) is 26.2 Å². The van der Waals surface area contributed by atoms with Crippen molar-refractivity contribution in [2.75, 3.05) is 24.5 Å². The highest BCUT2D eigenvalue weighted by atomic mass is 32.1. The van der Waals surface area contributed by atoms with Gasteiger partial charge in [-0.25, -0.2) is 4.98 Å². The molecule has 4 heteroatoms. The fourth-order valence-electron chi connectivity index (χ4n) is 1.80. The first-order valence-electron chi connectivity index (χ1n) is 6.59. The van der Waals surface area contributed by atoms with Crippen LogP contribution in [-0.2, 0) is 6.54 Å². The Morgan fingerprint density at radius 3 is 2.35 bits per heavy atom. The molecule has 0 aliphatic carbocycles. The molecule has 1 heterocycles. The predicted molar refractivity (Wildman–Crippen MR) is 77.1 cm³/mol. The second-order valence-electron chi connectivity index (χ2n) is 4.41. The van der Waals surface area contributed by atoms with Crippen LogP contribution in [0.4, 0.5) is 5.13 Å². The van der Waals surface area contributed by atoms with Crippen LogP contribution < -0.4 is 10.2 Å². The second kappa shape index (κ2) is 6.97. The molecule has 0 aromatic carbocycles. The van der Waals surface area contributed by atoms with Crippen molar-refractivity contribution in [2.24, 2.45) is 0 Å². The molecule has 0 saturated carbocycles. The molecule has 1 aromatic rings. The van der Waals surface area contributed by atoms with Crippen LogP contribution in [0.3, 0.4) is 0 Å². The van der Waals surface area contributed by atoms with Gasteiger partial charge in [0.2, 0.25) is 0 Å². The summed E-state index contributed by atoms with van der Waals surface area (Å²) < 4.78 is 0. The highest BCUT2D eigenvalue weighted by Crippen LogP contribution is 2.30. The van der Waals surface area contributed by atoms with Crippen molar-refractivity contribution in [3.05, 3.63) is 10.6 Å². The van der Waals surface area contributed by atoms with Crippen LogP contribution >= 0.6 is 11.3 Å². The van der Waals surface area contributed by atoms with E-state index in [0.29, 0.717) is 5.92 Å². The van der Waals surface area contributed by atoms with E-state index >= 15 is 0 Å². The van der Waals surface area contributed by atoms with Crippen molar-refractivity contribution >= 4 is 16.5 Å². The number of aromatic nitrogens is 1. The Kier molecular flexibility index (Phi) is 5.92. The largest absolute Gasteiger partial charge is 0.349 e. The van der Waals surface area contributed by atoms with E-state index in [4.69, 9.17) is 4.98 Å². The molecule has 0 aliphatic heterocycles. The molecule has 17 heavy (non-hydrogen) atoms. The molecule has 0 radical (unpaired) electrons. The summed E-state index contributed by atoms with van der Waals surface area (Å²) in [6.45, 7) is 15.0. The second-order valence-corrected chi connectivity index (χ2v) is 5.47. The van der Waals surface area contributed by atoms with Crippen molar-refractivity contribution in [1.82, 2.24) is 10.3 Å². The van der Waals surface area contributed by atoms with E-state index in [1.54, 1.807) is 0 Å². The summed E-state index contributed by atoms with van der Waals surface area (Å²) in [5.41, 5.74) is 1.26. The first-order chi connectivity index (χ1) is 8.13. The maximum atomic E-state index is 4.81. The number of nitrogens with one attached hydrogen (secondary N) is 1. The lowest BCUT2D eigenvalue weighted by Crippen LogP contribution is -2.21. The van der Waals surface area contributed by atoms with Crippen LogP contribution in [-0.4, -0.2) is 24.6 Å². The van der Waals surface area contributed by atoms with Gasteiger partial charge in [0.05, 0.1) is 5.69 Å². The summed E-state index contributed by atoms with van der Waals surface area (Å²) in [5, 5.41) is 4.57. The van der Waals surface area contributed by atoms with Gasteiger partial charge in [-0.3, -0.25) is 0 Å². The topological polar surface area (TPSA) is 28.2 Å². The van der Waals surface area contributed by atoms with Crippen molar-refractivity contribution in [1.29, 1.82) is 0 Å². The van der Waals surface area contributed by atoms with Crippen molar-refractivity contribution in [2.45, 2.75) is 47.1 Å². The predicted octanol–water partition coefficient (Wildman–Crippen LogP) is 3.22. The third-order valence-electron chi connectivity index (χ3n) is 2.83. The number of hydrogen-bond donors (Lipinski definition) is 1. The maximum Gasteiger partial charge on any atom is 0.185 e. The molecule has 0 amide bonds. The lowest BCUT2D eigenvalue weighted by Gasteiger charge is -2.16. The Morgan fingerprint density at radius 2 is 1.88 bits per heavy atom. The average Bonchev–Trinajstić information content (AvgIpc) is 2.72. The normalized spacial score (nSPS) is 11.2. The van der Waals surface area contributed by atoms with Crippen LogP contribution in [0.25, 0.3) is 0 Å². The number of rotatable bonds is 7. The van der Waals surface area contributed by atoms with Gasteiger partial charge in [-0.1, -0.05) is 20.8 Å².